The molecular formula is C24H22N4O4S. The second kappa shape index (κ2) is 8.87. The van der Waals surface area contributed by atoms with Crippen LogP contribution in [0.5, 0.6) is 0 Å². The summed E-state index contributed by atoms with van der Waals surface area (Å²) in [5, 5.41) is 10.4. The summed E-state index contributed by atoms with van der Waals surface area (Å²) in [7, 11) is -3.75. The lowest BCUT2D eigenvalue weighted by Crippen LogP contribution is -2.15. The number of carbonyl (C=O) groups is 1. The van der Waals surface area contributed by atoms with Crippen LogP contribution in [-0.2, 0) is 10.0 Å². The summed E-state index contributed by atoms with van der Waals surface area (Å²) in [5.74, 6) is 0.0238. The first-order valence-corrected chi connectivity index (χ1v) is 11.6. The van der Waals surface area contributed by atoms with Crippen molar-refractivity contribution in [2.45, 2.75) is 25.7 Å². The summed E-state index contributed by atoms with van der Waals surface area (Å²) in [5.41, 5.74) is 4.41. The largest absolute Gasteiger partial charge is 0.423 e. The number of nitrogens with zero attached hydrogens (tertiary/aromatic N) is 2. The van der Waals surface area contributed by atoms with E-state index in [9.17, 15) is 13.2 Å². The summed E-state index contributed by atoms with van der Waals surface area (Å²) >= 11 is 0. The third kappa shape index (κ3) is 4.93. The molecule has 0 saturated heterocycles. The van der Waals surface area contributed by atoms with Crippen LogP contribution in [0.2, 0.25) is 0 Å². The molecule has 0 aliphatic carbocycles. The van der Waals surface area contributed by atoms with Crippen LogP contribution in [0.15, 0.2) is 76.4 Å². The van der Waals surface area contributed by atoms with Crippen molar-refractivity contribution in [3.63, 3.8) is 0 Å². The van der Waals surface area contributed by atoms with Crippen LogP contribution >= 0.6 is 0 Å². The van der Waals surface area contributed by atoms with Crippen LogP contribution in [-0.4, -0.2) is 24.5 Å². The van der Waals surface area contributed by atoms with Crippen molar-refractivity contribution >= 4 is 27.3 Å². The molecule has 1 heterocycles. The molecule has 0 fully saturated rings. The Morgan fingerprint density at radius 1 is 0.909 bits per heavy atom. The van der Waals surface area contributed by atoms with Crippen LogP contribution in [0.25, 0.3) is 11.5 Å². The Morgan fingerprint density at radius 2 is 1.64 bits per heavy atom. The molecular weight excluding hydrogens is 440 g/mol. The first-order valence-electron chi connectivity index (χ1n) is 10.1. The number of anilines is 2. The van der Waals surface area contributed by atoms with Gasteiger partial charge in [0.15, 0.2) is 0 Å². The van der Waals surface area contributed by atoms with E-state index in [0.29, 0.717) is 34.0 Å². The minimum absolute atomic E-state index is 0.223. The smallest absolute Gasteiger partial charge is 0.262 e. The molecule has 0 saturated carbocycles. The van der Waals surface area contributed by atoms with Gasteiger partial charge in [-0.3, -0.25) is 9.52 Å². The van der Waals surface area contributed by atoms with Crippen LogP contribution in [0.1, 0.15) is 27.0 Å². The molecule has 0 atom stereocenters. The number of hydrogen-bond acceptors (Lipinski definition) is 6. The molecule has 3 aromatic carbocycles. The zero-order valence-corrected chi connectivity index (χ0v) is 19.1. The Hall–Kier alpha value is -3.98. The summed E-state index contributed by atoms with van der Waals surface area (Å²) in [6, 6.07) is 16.9. The average molecular weight is 463 g/mol. The highest BCUT2D eigenvalue weighted by Crippen LogP contribution is 2.25. The molecule has 1 amide bonds. The van der Waals surface area contributed by atoms with E-state index in [1.807, 2.05) is 32.0 Å². The summed E-state index contributed by atoms with van der Waals surface area (Å²) < 4.78 is 33.4. The van der Waals surface area contributed by atoms with E-state index >= 15 is 0 Å². The van der Waals surface area contributed by atoms with Crippen molar-refractivity contribution in [1.82, 2.24) is 10.2 Å². The fraction of sp³-hybridized carbons (Fsp3) is 0.125. The Morgan fingerprint density at radius 3 is 2.33 bits per heavy atom. The maximum atomic E-state index is 12.8. The topological polar surface area (TPSA) is 114 Å². The highest BCUT2D eigenvalue weighted by Gasteiger charge is 2.18. The van der Waals surface area contributed by atoms with Crippen molar-refractivity contribution in [3.05, 3.63) is 89.3 Å². The van der Waals surface area contributed by atoms with Gasteiger partial charge in [-0.2, -0.15) is 0 Å². The number of benzene rings is 3. The highest BCUT2D eigenvalue weighted by atomic mass is 32.2. The molecule has 9 heteroatoms. The summed E-state index contributed by atoms with van der Waals surface area (Å²) in [4.78, 5) is 13.0. The van der Waals surface area contributed by atoms with Gasteiger partial charge >= 0.3 is 0 Å². The number of hydrogen-bond donors (Lipinski definition) is 2. The molecule has 8 nitrogen and oxygen atoms in total. The van der Waals surface area contributed by atoms with Crippen molar-refractivity contribution in [3.8, 4) is 11.5 Å². The normalized spacial score (nSPS) is 11.2. The first-order chi connectivity index (χ1) is 15.7. The van der Waals surface area contributed by atoms with Crippen LogP contribution < -0.4 is 10.0 Å². The van der Waals surface area contributed by atoms with Gasteiger partial charge in [0.1, 0.15) is 0 Å². The maximum absolute atomic E-state index is 12.8. The first kappa shape index (κ1) is 22.2. The van der Waals surface area contributed by atoms with Gasteiger partial charge in [-0.15, -0.1) is 10.2 Å². The minimum atomic E-state index is -3.75. The van der Waals surface area contributed by atoms with Gasteiger partial charge in [0.2, 0.25) is 12.3 Å². The number of aryl methyl sites for hydroxylation is 3. The summed E-state index contributed by atoms with van der Waals surface area (Å²) in [6.45, 7) is 5.46. The molecule has 1 aromatic heterocycles. The van der Waals surface area contributed by atoms with Gasteiger partial charge in [-0.05, 0) is 79.9 Å². The van der Waals surface area contributed by atoms with E-state index in [0.717, 1.165) is 11.1 Å². The van der Waals surface area contributed by atoms with Crippen molar-refractivity contribution < 1.29 is 17.6 Å². The fourth-order valence-electron chi connectivity index (χ4n) is 3.28. The van der Waals surface area contributed by atoms with E-state index in [4.69, 9.17) is 4.42 Å². The van der Waals surface area contributed by atoms with E-state index in [2.05, 4.69) is 20.2 Å². The van der Waals surface area contributed by atoms with E-state index in [-0.39, 0.29) is 10.8 Å². The molecule has 33 heavy (non-hydrogen) atoms. The second-order valence-electron chi connectivity index (χ2n) is 7.68. The lowest BCUT2D eigenvalue weighted by molar-refractivity contribution is 0.102. The second-order valence-corrected chi connectivity index (χ2v) is 9.33. The molecule has 0 radical (unpaired) electrons. The number of sulfonamides is 1. The number of carbonyl (C=O) groups excluding carboxylic acids is 1. The van der Waals surface area contributed by atoms with Crippen LogP contribution in [0.4, 0.5) is 11.4 Å². The third-order valence-corrected chi connectivity index (χ3v) is 6.65. The van der Waals surface area contributed by atoms with Crippen molar-refractivity contribution in [1.29, 1.82) is 0 Å². The molecule has 168 valence electrons. The van der Waals surface area contributed by atoms with Gasteiger partial charge < -0.3 is 9.73 Å². The number of nitrogens with one attached hydrogen (secondary N) is 2. The lowest BCUT2D eigenvalue weighted by atomic mass is 10.1. The van der Waals surface area contributed by atoms with E-state index in [1.165, 1.54) is 6.39 Å². The number of rotatable bonds is 6. The van der Waals surface area contributed by atoms with Gasteiger partial charge in [0, 0.05) is 22.5 Å². The summed E-state index contributed by atoms with van der Waals surface area (Å²) in [6.07, 6.45) is 1.24. The highest BCUT2D eigenvalue weighted by molar-refractivity contribution is 7.92. The number of aromatic nitrogens is 2. The Labute approximate surface area is 191 Å². The maximum Gasteiger partial charge on any atom is 0.262 e. The van der Waals surface area contributed by atoms with Gasteiger partial charge in [-0.25, -0.2) is 8.42 Å². The zero-order valence-electron chi connectivity index (χ0n) is 18.3. The standard InChI is InChI=1S/C24H22N4O4S/c1-15-4-5-17(3)22(12-15)33(30,31)28-20-10-8-18(9-11-20)23(29)26-21-13-19(7-6-16(21)2)24-27-25-14-32-24/h4-14,28H,1-3H3,(H,26,29). The fourth-order valence-corrected chi connectivity index (χ4v) is 4.67. The van der Waals surface area contributed by atoms with Gasteiger partial charge in [0.05, 0.1) is 4.90 Å². The molecule has 0 unspecified atom stereocenters. The predicted octanol–water partition coefficient (Wildman–Crippen LogP) is 4.71. The monoisotopic (exact) mass is 462 g/mol. The molecule has 0 aliphatic rings. The SMILES string of the molecule is Cc1ccc(C)c(S(=O)(=O)Nc2ccc(C(=O)Nc3cc(-c4nnco4)ccc3C)cc2)c1. The van der Waals surface area contributed by atoms with E-state index < -0.39 is 10.0 Å². The Bertz CT molecular complexity index is 1410. The number of amides is 1. The Balaban J connectivity index is 1.50. The minimum Gasteiger partial charge on any atom is -0.423 e. The molecule has 0 spiro atoms. The van der Waals surface area contributed by atoms with Crippen LogP contribution in [0, 0.1) is 20.8 Å². The predicted molar refractivity (Wildman–Crippen MR) is 126 cm³/mol. The molecule has 2 N–H and O–H groups in total. The molecule has 4 aromatic rings. The van der Waals surface area contributed by atoms with Crippen molar-refractivity contribution in [2.24, 2.45) is 0 Å². The zero-order chi connectivity index (χ0) is 23.6. The van der Waals surface area contributed by atoms with Crippen LogP contribution in [0.3, 0.4) is 0 Å². The molecule has 4 rings (SSSR count). The Kier molecular flexibility index (Phi) is 5.97. The molecule has 0 bridgehead atoms. The third-order valence-electron chi connectivity index (χ3n) is 5.13. The lowest BCUT2D eigenvalue weighted by Gasteiger charge is -2.12. The quantitative estimate of drug-likeness (QED) is 0.429. The molecule has 0 aliphatic heterocycles. The van der Waals surface area contributed by atoms with Gasteiger partial charge in [0.25, 0.3) is 15.9 Å². The van der Waals surface area contributed by atoms with Crippen molar-refractivity contribution in [2.75, 3.05) is 10.0 Å². The average Bonchev–Trinajstić information content (AvgIpc) is 3.32. The van der Waals surface area contributed by atoms with Gasteiger partial charge in [-0.1, -0.05) is 18.2 Å². The van der Waals surface area contributed by atoms with E-state index in [1.54, 1.807) is 49.4 Å².